The Kier molecular flexibility index (Phi) is 6.19. The van der Waals surface area contributed by atoms with E-state index < -0.39 is 5.78 Å². The first-order valence-corrected chi connectivity index (χ1v) is 7.74. The Bertz CT molecular complexity index is 776. The molecule has 2 aromatic carbocycles. The lowest BCUT2D eigenvalue weighted by molar-refractivity contribution is -0.116. The van der Waals surface area contributed by atoms with Crippen LogP contribution in [0.3, 0.4) is 0 Å². The number of ketones is 1. The first-order chi connectivity index (χ1) is 11.5. The van der Waals surface area contributed by atoms with Gasteiger partial charge in [0.05, 0.1) is 12.8 Å². The lowest BCUT2D eigenvalue weighted by Crippen LogP contribution is -2.29. The van der Waals surface area contributed by atoms with Gasteiger partial charge in [0.1, 0.15) is 0 Å². The lowest BCUT2D eigenvalue weighted by Gasteiger charge is -1.98. The van der Waals surface area contributed by atoms with Crippen molar-refractivity contribution in [2.45, 2.75) is 12.8 Å². The topological polar surface area (TPSA) is 89.9 Å². The maximum atomic E-state index is 12.4. The van der Waals surface area contributed by atoms with Crippen LogP contribution in [0.5, 0.6) is 0 Å². The van der Waals surface area contributed by atoms with Crippen LogP contribution in [0.15, 0.2) is 48.5 Å². The summed E-state index contributed by atoms with van der Waals surface area (Å²) in [6.45, 7) is 0. The zero-order valence-electron chi connectivity index (χ0n) is 12.5. The molecule has 0 N–H and O–H groups in total. The summed E-state index contributed by atoms with van der Waals surface area (Å²) in [6, 6.07) is 13.6. The fourth-order valence-corrected chi connectivity index (χ4v) is 2.33. The fraction of sp³-hybridized carbons (Fsp3) is 0.118. The summed E-state index contributed by atoms with van der Waals surface area (Å²) in [7, 11) is 0. The molecule has 0 fully saturated rings. The molecule has 2 aromatic rings. The molecule has 0 amide bonds. The van der Waals surface area contributed by atoms with E-state index in [0.29, 0.717) is 10.0 Å². The molecule has 0 saturated heterocycles. The van der Waals surface area contributed by atoms with Crippen molar-refractivity contribution in [3.63, 3.8) is 0 Å². The van der Waals surface area contributed by atoms with Gasteiger partial charge in [-0.05, 0) is 35.4 Å². The molecule has 0 spiro atoms. The molecule has 2 rings (SSSR count). The predicted molar refractivity (Wildman–Crippen MR) is 92.6 cm³/mol. The number of nitrogens with zero attached hydrogens (tertiary/aromatic N) is 4. The van der Waals surface area contributed by atoms with Gasteiger partial charge in [-0.25, -0.2) is 0 Å². The van der Waals surface area contributed by atoms with Gasteiger partial charge in [-0.1, -0.05) is 47.5 Å². The number of hydrogen-bond acceptors (Lipinski definition) is 1. The largest absolute Gasteiger partial charge is 0.361 e. The molecule has 0 aliphatic carbocycles. The van der Waals surface area contributed by atoms with E-state index in [1.54, 1.807) is 48.5 Å². The fourth-order valence-electron chi connectivity index (χ4n) is 2.08. The molecule has 0 radical (unpaired) electrons. The molecule has 7 heteroatoms. The number of halogens is 2. The van der Waals surface area contributed by atoms with E-state index in [9.17, 15) is 4.79 Å². The highest BCUT2D eigenvalue weighted by molar-refractivity contribution is 6.64. The van der Waals surface area contributed by atoms with Crippen LogP contribution in [-0.2, 0) is 17.6 Å². The molecule has 120 valence electrons. The number of hydrogen-bond donors (Lipinski definition) is 0. The minimum atomic E-state index is -0.634. The summed E-state index contributed by atoms with van der Waals surface area (Å²) in [5.41, 5.74) is 19.5. The van der Waals surface area contributed by atoms with Gasteiger partial charge in [0.25, 0.3) is 0 Å². The van der Waals surface area contributed by atoms with Crippen molar-refractivity contribution in [2.75, 3.05) is 0 Å². The van der Waals surface area contributed by atoms with Gasteiger partial charge in [-0.3, -0.25) is 4.79 Å². The zero-order chi connectivity index (χ0) is 17.5. The van der Waals surface area contributed by atoms with Crippen LogP contribution < -0.4 is 0 Å². The van der Waals surface area contributed by atoms with E-state index in [0.717, 1.165) is 11.1 Å². The normalized spacial score (nSPS) is 9.75. The van der Waals surface area contributed by atoms with Crippen LogP contribution in [-0.4, -0.2) is 26.8 Å². The smallest absolute Gasteiger partial charge is 0.351 e. The number of Topliss-reactive ketones (excluding diaryl/α,β-unsaturated/α-hetero) is 1. The van der Waals surface area contributed by atoms with E-state index >= 15 is 0 Å². The second-order valence-corrected chi connectivity index (χ2v) is 5.90. The van der Waals surface area contributed by atoms with Crippen LogP contribution in [0.2, 0.25) is 10.0 Å². The van der Waals surface area contributed by atoms with Crippen LogP contribution in [0.1, 0.15) is 11.1 Å². The molecule has 0 aliphatic rings. The Hall–Kier alpha value is -2.55. The molecule has 0 unspecified atom stereocenters. The first-order valence-electron chi connectivity index (χ1n) is 6.99. The second kappa shape index (κ2) is 8.34. The molecule has 0 atom stereocenters. The van der Waals surface area contributed by atoms with Gasteiger partial charge in [-0.2, -0.15) is 9.58 Å². The van der Waals surface area contributed by atoms with Crippen molar-refractivity contribution in [1.82, 2.24) is 0 Å². The lowest BCUT2D eigenvalue weighted by atomic mass is 9.99. The molecule has 0 bridgehead atoms. The number of carbonyl (C=O) groups excluding carboxylic acids is 1. The van der Waals surface area contributed by atoms with Crippen molar-refractivity contribution in [1.29, 1.82) is 0 Å². The van der Waals surface area contributed by atoms with Gasteiger partial charge in [0, 0.05) is 10.0 Å². The Morgan fingerprint density at radius 2 is 1.08 bits per heavy atom. The molecular weight excluding hydrogens is 347 g/mol. The van der Waals surface area contributed by atoms with Gasteiger partial charge in [0.2, 0.25) is 0 Å². The molecular formula is C17H12Cl2N4O. The number of benzene rings is 2. The standard InChI is InChI=1S/C17H12Cl2N4O/c18-13-5-1-11(2-6-13)9-15(22-20)17(24)16(23-21)10-12-3-7-14(19)8-4-12/h1-8H,9-10H2. The highest BCUT2D eigenvalue weighted by Crippen LogP contribution is 2.12. The van der Waals surface area contributed by atoms with Gasteiger partial charge < -0.3 is 11.1 Å². The van der Waals surface area contributed by atoms with E-state index in [-0.39, 0.29) is 24.3 Å². The quantitative estimate of drug-likeness (QED) is 0.439. The van der Waals surface area contributed by atoms with Gasteiger partial charge >= 0.3 is 17.2 Å². The number of rotatable bonds is 6. The summed E-state index contributed by atoms with van der Waals surface area (Å²) in [5.74, 6) is -0.634. The SMILES string of the molecule is [N-]=[N+]=C(Cc1ccc(Cl)cc1)C(=O)C(Cc1ccc(Cl)cc1)=[N+]=[N-]. The Labute approximate surface area is 148 Å². The van der Waals surface area contributed by atoms with Crippen LogP contribution >= 0.6 is 23.2 Å². The van der Waals surface area contributed by atoms with Crippen LogP contribution in [0.25, 0.3) is 11.1 Å². The monoisotopic (exact) mass is 358 g/mol. The minimum Gasteiger partial charge on any atom is -0.361 e. The van der Waals surface area contributed by atoms with Crippen molar-refractivity contribution >= 4 is 40.4 Å². The van der Waals surface area contributed by atoms with E-state index in [2.05, 4.69) is 9.58 Å². The minimum absolute atomic E-state index is 0.0894. The summed E-state index contributed by atoms with van der Waals surface area (Å²) in [5, 5.41) is 1.13. The van der Waals surface area contributed by atoms with Crippen molar-refractivity contribution in [2.24, 2.45) is 0 Å². The van der Waals surface area contributed by atoms with Gasteiger partial charge in [-0.15, -0.1) is 0 Å². The van der Waals surface area contributed by atoms with Crippen molar-refractivity contribution in [3.05, 3.63) is 80.8 Å². The highest BCUT2D eigenvalue weighted by atomic mass is 35.5. The summed E-state index contributed by atoms with van der Waals surface area (Å²) in [6.07, 6.45) is 0.179. The second-order valence-electron chi connectivity index (χ2n) is 5.03. The Morgan fingerprint density at radius 1 is 0.750 bits per heavy atom. The van der Waals surface area contributed by atoms with Crippen molar-refractivity contribution < 1.29 is 14.4 Å². The summed E-state index contributed by atoms with van der Waals surface area (Å²) < 4.78 is 0. The third-order valence-corrected chi connectivity index (χ3v) is 3.84. The summed E-state index contributed by atoms with van der Waals surface area (Å²) >= 11 is 11.6. The molecule has 0 saturated carbocycles. The predicted octanol–water partition coefficient (Wildman–Crippen LogP) is 3.69. The number of carbonyl (C=O) groups is 1. The third kappa shape index (κ3) is 4.72. The van der Waals surface area contributed by atoms with E-state index in [1.165, 1.54) is 0 Å². The van der Waals surface area contributed by atoms with Crippen LogP contribution in [0, 0.1) is 0 Å². The maximum absolute atomic E-state index is 12.4. The van der Waals surface area contributed by atoms with Crippen molar-refractivity contribution in [3.8, 4) is 0 Å². The Balaban J connectivity index is 2.16. The first kappa shape index (κ1) is 17.8. The summed E-state index contributed by atoms with van der Waals surface area (Å²) in [4.78, 5) is 18.5. The average molecular weight is 359 g/mol. The highest BCUT2D eigenvalue weighted by Gasteiger charge is 2.32. The molecule has 0 aliphatic heterocycles. The molecule has 24 heavy (non-hydrogen) atoms. The third-order valence-electron chi connectivity index (χ3n) is 3.34. The molecule has 0 aromatic heterocycles. The van der Waals surface area contributed by atoms with E-state index in [4.69, 9.17) is 34.3 Å². The Morgan fingerprint density at radius 3 is 1.38 bits per heavy atom. The molecule has 5 nitrogen and oxygen atoms in total. The van der Waals surface area contributed by atoms with Gasteiger partial charge in [0.15, 0.2) is 0 Å². The zero-order valence-corrected chi connectivity index (χ0v) is 14.0. The average Bonchev–Trinajstić information content (AvgIpc) is 2.60. The molecule has 0 heterocycles. The van der Waals surface area contributed by atoms with Crippen LogP contribution in [0.4, 0.5) is 0 Å². The van der Waals surface area contributed by atoms with E-state index in [1.807, 2.05) is 0 Å². The maximum Gasteiger partial charge on any atom is 0.351 e.